The van der Waals surface area contributed by atoms with Gasteiger partial charge in [0.05, 0.1) is 37.1 Å². The number of fused-ring (bicyclic) bond motifs is 1. The first-order valence-electron chi connectivity index (χ1n) is 7.80. The summed E-state index contributed by atoms with van der Waals surface area (Å²) in [4.78, 5) is 16.6. The summed E-state index contributed by atoms with van der Waals surface area (Å²) < 4.78 is 33.0. The monoisotopic (exact) mass is 352 g/mol. The van der Waals surface area contributed by atoms with Crippen LogP contribution in [0.25, 0.3) is 0 Å². The largest absolute Gasteiger partial charge is 0.467 e. The summed E-state index contributed by atoms with van der Waals surface area (Å²) in [6.45, 7) is 2.42. The van der Waals surface area contributed by atoms with Gasteiger partial charge in [0, 0.05) is 12.7 Å². The van der Waals surface area contributed by atoms with E-state index in [1.807, 2.05) is 6.92 Å². The maximum Gasteiger partial charge on any atom is 0.244 e. The number of hydrogen-bond donors (Lipinski definition) is 1. The van der Waals surface area contributed by atoms with Gasteiger partial charge >= 0.3 is 0 Å². The third kappa shape index (κ3) is 3.36. The van der Waals surface area contributed by atoms with E-state index in [0.717, 1.165) is 0 Å². The van der Waals surface area contributed by atoms with E-state index in [4.69, 9.17) is 4.42 Å². The Balaban J connectivity index is 1.77. The molecule has 2 aromatic heterocycles. The molecule has 1 N–H and O–H groups in total. The van der Waals surface area contributed by atoms with Crippen LogP contribution in [0.2, 0.25) is 0 Å². The summed E-state index contributed by atoms with van der Waals surface area (Å²) in [5.74, 6) is 0.449. The van der Waals surface area contributed by atoms with Crippen molar-refractivity contribution in [1.29, 1.82) is 0 Å². The summed E-state index contributed by atoms with van der Waals surface area (Å²) in [7, 11) is -3.38. The Kier molecular flexibility index (Phi) is 4.72. The highest BCUT2D eigenvalue weighted by atomic mass is 32.2. The third-order valence-electron chi connectivity index (χ3n) is 3.97. The van der Waals surface area contributed by atoms with Gasteiger partial charge in [-0.15, -0.1) is 0 Å². The number of carbonyl (C=O) groups is 1. The summed E-state index contributed by atoms with van der Waals surface area (Å²) in [6.07, 6.45) is 5.24. The number of aromatic nitrogens is 2. The Morgan fingerprint density at radius 1 is 1.50 bits per heavy atom. The highest BCUT2D eigenvalue weighted by molar-refractivity contribution is 7.89. The number of carbonyl (C=O) groups excluding carboxylic acids is 1. The van der Waals surface area contributed by atoms with Crippen molar-refractivity contribution in [1.82, 2.24) is 19.2 Å². The van der Waals surface area contributed by atoms with Crippen molar-refractivity contribution in [3.63, 3.8) is 0 Å². The molecule has 0 bridgehead atoms. The molecule has 0 spiro atoms. The number of amides is 1. The van der Waals surface area contributed by atoms with Gasteiger partial charge < -0.3 is 14.3 Å². The molecular weight excluding hydrogens is 332 g/mol. The molecule has 9 heteroatoms. The predicted molar refractivity (Wildman–Crippen MR) is 86.3 cm³/mol. The van der Waals surface area contributed by atoms with E-state index in [9.17, 15) is 13.2 Å². The second kappa shape index (κ2) is 6.78. The van der Waals surface area contributed by atoms with Crippen LogP contribution in [-0.4, -0.2) is 40.5 Å². The number of hydrogen-bond acceptors (Lipinski definition) is 5. The fourth-order valence-electron chi connectivity index (χ4n) is 2.77. The Morgan fingerprint density at radius 2 is 2.33 bits per heavy atom. The van der Waals surface area contributed by atoms with E-state index < -0.39 is 16.1 Å². The minimum Gasteiger partial charge on any atom is -0.467 e. The highest BCUT2D eigenvalue weighted by Gasteiger charge is 2.35. The predicted octanol–water partition coefficient (Wildman–Crippen LogP) is 0.889. The van der Waals surface area contributed by atoms with Crippen LogP contribution in [0.5, 0.6) is 0 Å². The maximum atomic E-state index is 12.6. The first kappa shape index (κ1) is 16.7. The van der Waals surface area contributed by atoms with Crippen LogP contribution < -0.4 is 5.32 Å². The Morgan fingerprint density at radius 3 is 3.04 bits per heavy atom. The molecular formula is C15H20N4O4S. The van der Waals surface area contributed by atoms with E-state index in [1.165, 1.54) is 10.6 Å². The average Bonchev–Trinajstić information content (AvgIpc) is 3.22. The Bertz CT molecular complexity index is 797. The molecule has 130 valence electrons. The van der Waals surface area contributed by atoms with Gasteiger partial charge in [0.2, 0.25) is 15.9 Å². The fraction of sp³-hybridized carbons (Fsp3) is 0.467. The minimum atomic E-state index is -3.38. The Hall–Kier alpha value is -2.13. The lowest BCUT2D eigenvalue weighted by atomic mass is 10.2. The van der Waals surface area contributed by atoms with Crippen molar-refractivity contribution < 1.29 is 17.6 Å². The molecule has 0 saturated heterocycles. The zero-order chi connectivity index (χ0) is 17.2. The van der Waals surface area contributed by atoms with Gasteiger partial charge in [-0.1, -0.05) is 6.92 Å². The number of imidazole rings is 1. The van der Waals surface area contributed by atoms with E-state index in [1.54, 1.807) is 29.2 Å². The molecule has 0 fully saturated rings. The van der Waals surface area contributed by atoms with E-state index in [2.05, 4.69) is 10.3 Å². The summed E-state index contributed by atoms with van der Waals surface area (Å²) >= 11 is 0. The molecule has 1 amide bonds. The van der Waals surface area contributed by atoms with Crippen LogP contribution in [0, 0.1) is 0 Å². The van der Waals surface area contributed by atoms with Crippen molar-refractivity contribution in [2.75, 3.05) is 12.3 Å². The number of nitrogens with one attached hydrogen (secondary N) is 1. The second-order valence-corrected chi connectivity index (χ2v) is 7.80. The number of rotatable bonds is 6. The molecule has 0 saturated carbocycles. The smallest absolute Gasteiger partial charge is 0.244 e. The first-order chi connectivity index (χ1) is 11.5. The lowest BCUT2D eigenvalue weighted by Gasteiger charge is -2.32. The lowest BCUT2D eigenvalue weighted by Crippen LogP contribution is -2.46. The van der Waals surface area contributed by atoms with Gasteiger partial charge in [-0.05, 0) is 18.6 Å². The molecule has 24 heavy (non-hydrogen) atoms. The van der Waals surface area contributed by atoms with Crippen LogP contribution >= 0.6 is 0 Å². The molecule has 0 radical (unpaired) electrons. The van der Waals surface area contributed by atoms with Crippen LogP contribution in [0.1, 0.15) is 30.8 Å². The summed E-state index contributed by atoms with van der Waals surface area (Å²) in [5.41, 5.74) is 0.707. The lowest BCUT2D eigenvalue weighted by molar-refractivity contribution is -0.125. The van der Waals surface area contributed by atoms with Gasteiger partial charge in [-0.25, -0.2) is 13.4 Å². The van der Waals surface area contributed by atoms with Crippen LogP contribution in [0.3, 0.4) is 0 Å². The molecule has 8 nitrogen and oxygen atoms in total. The van der Waals surface area contributed by atoms with Gasteiger partial charge in [-0.3, -0.25) is 4.79 Å². The first-order valence-corrected chi connectivity index (χ1v) is 9.41. The molecule has 3 heterocycles. The number of sulfonamides is 1. The molecule has 0 aromatic carbocycles. The van der Waals surface area contributed by atoms with E-state index in [0.29, 0.717) is 17.9 Å². The van der Waals surface area contributed by atoms with E-state index >= 15 is 0 Å². The SMILES string of the molecule is CCCS(=O)(=O)N1Cc2cncn2C(C(=O)NCc2ccco2)C1. The van der Waals surface area contributed by atoms with Crippen molar-refractivity contribution >= 4 is 15.9 Å². The van der Waals surface area contributed by atoms with Crippen molar-refractivity contribution in [3.05, 3.63) is 42.4 Å². The quantitative estimate of drug-likeness (QED) is 0.833. The fourth-order valence-corrected chi connectivity index (χ4v) is 4.25. The van der Waals surface area contributed by atoms with Crippen molar-refractivity contribution in [2.45, 2.75) is 32.5 Å². The van der Waals surface area contributed by atoms with Crippen molar-refractivity contribution in [2.24, 2.45) is 0 Å². The number of furan rings is 1. The highest BCUT2D eigenvalue weighted by Crippen LogP contribution is 2.24. The zero-order valence-electron chi connectivity index (χ0n) is 13.4. The molecule has 1 atom stereocenters. The maximum absolute atomic E-state index is 12.6. The molecule has 2 aromatic rings. The van der Waals surface area contributed by atoms with Crippen LogP contribution in [-0.2, 0) is 27.9 Å². The Labute approximate surface area is 140 Å². The second-order valence-electron chi connectivity index (χ2n) is 5.71. The molecule has 1 aliphatic rings. The van der Waals surface area contributed by atoms with Gasteiger partial charge in [-0.2, -0.15) is 4.31 Å². The van der Waals surface area contributed by atoms with Gasteiger partial charge in [0.25, 0.3) is 0 Å². The standard InChI is InChI=1S/C15H20N4O4S/c1-2-6-24(21,22)18-9-12-7-16-11-19(12)14(10-18)15(20)17-8-13-4-3-5-23-13/h3-5,7,11,14H,2,6,8-10H2,1H3,(H,17,20). The minimum absolute atomic E-state index is 0.0713. The summed E-state index contributed by atoms with van der Waals surface area (Å²) in [6, 6.07) is 2.87. The van der Waals surface area contributed by atoms with Crippen molar-refractivity contribution in [3.8, 4) is 0 Å². The topological polar surface area (TPSA) is 97.4 Å². The molecule has 0 aliphatic carbocycles. The van der Waals surface area contributed by atoms with Crippen LogP contribution in [0.4, 0.5) is 0 Å². The van der Waals surface area contributed by atoms with E-state index in [-0.39, 0.29) is 31.3 Å². The number of nitrogens with zero attached hydrogens (tertiary/aromatic N) is 3. The normalized spacial score (nSPS) is 18.3. The zero-order valence-corrected chi connectivity index (χ0v) is 14.2. The van der Waals surface area contributed by atoms with Gasteiger partial charge in [0.15, 0.2) is 0 Å². The average molecular weight is 352 g/mol. The third-order valence-corrected chi connectivity index (χ3v) is 5.96. The summed E-state index contributed by atoms with van der Waals surface area (Å²) in [5, 5.41) is 2.79. The molecule has 1 unspecified atom stereocenters. The molecule has 1 aliphatic heterocycles. The van der Waals surface area contributed by atoms with Gasteiger partial charge in [0.1, 0.15) is 11.8 Å². The van der Waals surface area contributed by atoms with Crippen LogP contribution in [0.15, 0.2) is 35.3 Å². The molecule has 3 rings (SSSR count).